The van der Waals surface area contributed by atoms with Crippen molar-refractivity contribution in [3.63, 3.8) is 0 Å². The van der Waals surface area contributed by atoms with E-state index in [1.54, 1.807) is 7.11 Å². The van der Waals surface area contributed by atoms with Gasteiger partial charge >= 0.3 is 6.09 Å². The van der Waals surface area contributed by atoms with Gasteiger partial charge in [-0.2, -0.15) is 0 Å². The second-order valence-electron chi connectivity index (χ2n) is 12.4. The number of alkyl carbamates (subject to hydrolysis) is 1. The van der Waals surface area contributed by atoms with Gasteiger partial charge in [0.05, 0.1) is 29.7 Å². The summed E-state index contributed by atoms with van der Waals surface area (Å²) < 4.78 is 19.5. The first kappa shape index (κ1) is 28.6. The molecular formula is C30H42N8O4. The number of pyridine rings is 1. The van der Waals surface area contributed by atoms with Crippen LogP contribution in [0.25, 0.3) is 11.2 Å². The predicted octanol–water partition coefficient (Wildman–Crippen LogP) is 4.51. The fourth-order valence-corrected chi connectivity index (χ4v) is 6.09. The molecule has 3 aliphatic heterocycles. The Labute approximate surface area is 246 Å². The summed E-state index contributed by atoms with van der Waals surface area (Å²) in [6, 6.07) is 4.09. The summed E-state index contributed by atoms with van der Waals surface area (Å²) in [5.74, 6) is 1.61. The van der Waals surface area contributed by atoms with Gasteiger partial charge in [-0.05, 0) is 77.8 Å². The lowest BCUT2D eigenvalue weighted by molar-refractivity contribution is -0.0369. The summed E-state index contributed by atoms with van der Waals surface area (Å²) in [5.41, 5.74) is 2.66. The largest absolute Gasteiger partial charge is 0.444 e. The van der Waals surface area contributed by atoms with Crippen LogP contribution in [-0.4, -0.2) is 81.9 Å². The smallest absolute Gasteiger partial charge is 0.407 e. The maximum Gasteiger partial charge on any atom is 0.407 e. The molecule has 0 aliphatic carbocycles. The van der Waals surface area contributed by atoms with Crippen molar-refractivity contribution in [2.45, 2.75) is 83.1 Å². The SMILES string of the molecule is COC1(CNC(=O)OC(C)(C)C)CCN(c2cnc3c(N4CCCc5ncccc54)nn(C4CCCCO4)c3n2)CC1. The second kappa shape index (κ2) is 11.6. The number of rotatable bonds is 6. The van der Waals surface area contributed by atoms with Crippen molar-refractivity contribution in [3.05, 3.63) is 30.2 Å². The summed E-state index contributed by atoms with van der Waals surface area (Å²) in [5, 5.41) is 8.00. The number of hydrogen-bond acceptors (Lipinski definition) is 10. The van der Waals surface area contributed by atoms with Gasteiger partial charge in [0, 0.05) is 39.5 Å². The molecule has 3 aliphatic rings. The molecule has 0 aromatic carbocycles. The Morgan fingerprint density at radius 3 is 2.74 bits per heavy atom. The number of ether oxygens (including phenoxy) is 3. The number of carbonyl (C=O) groups excluding carboxylic acids is 1. The highest BCUT2D eigenvalue weighted by atomic mass is 16.6. The molecule has 1 unspecified atom stereocenters. The fourth-order valence-electron chi connectivity index (χ4n) is 6.09. The Kier molecular flexibility index (Phi) is 7.93. The van der Waals surface area contributed by atoms with E-state index >= 15 is 0 Å². The average Bonchev–Trinajstić information content (AvgIpc) is 3.38. The van der Waals surface area contributed by atoms with Crippen LogP contribution in [0.3, 0.4) is 0 Å². The lowest BCUT2D eigenvalue weighted by atomic mass is 9.91. The molecule has 2 fully saturated rings. The molecule has 6 heterocycles. The summed E-state index contributed by atoms with van der Waals surface area (Å²) >= 11 is 0. The van der Waals surface area contributed by atoms with Crippen LogP contribution < -0.4 is 15.1 Å². The van der Waals surface area contributed by atoms with Crippen molar-refractivity contribution < 1.29 is 19.0 Å². The highest BCUT2D eigenvalue weighted by molar-refractivity contribution is 5.88. The molecule has 0 saturated carbocycles. The Hall–Kier alpha value is -3.51. The molecule has 1 amide bonds. The van der Waals surface area contributed by atoms with E-state index in [1.165, 1.54) is 0 Å². The van der Waals surface area contributed by atoms with Gasteiger partial charge in [0.1, 0.15) is 11.4 Å². The molecule has 0 bridgehead atoms. The Morgan fingerprint density at radius 2 is 2.00 bits per heavy atom. The molecule has 1 N–H and O–H groups in total. The second-order valence-corrected chi connectivity index (χ2v) is 12.4. The van der Waals surface area contributed by atoms with Gasteiger partial charge in [-0.15, -0.1) is 5.10 Å². The third-order valence-corrected chi connectivity index (χ3v) is 8.39. The van der Waals surface area contributed by atoms with Crippen molar-refractivity contribution >= 4 is 34.6 Å². The van der Waals surface area contributed by atoms with Gasteiger partial charge in [0.2, 0.25) is 0 Å². The number of aromatic nitrogens is 5. The number of anilines is 3. The molecule has 2 saturated heterocycles. The normalized spacial score (nSPS) is 20.8. The van der Waals surface area contributed by atoms with Crippen molar-refractivity contribution in [2.24, 2.45) is 0 Å². The van der Waals surface area contributed by atoms with E-state index in [1.807, 2.05) is 43.9 Å². The maximum absolute atomic E-state index is 12.3. The Morgan fingerprint density at radius 1 is 1.17 bits per heavy atom. The van der Waals surface area contributed by atoms with Crippen LogP contribution in [-0.2, 0) is 20.6 Å². The minimum Gasteiger partial charge on any atom is -0.444 e. The summed E-state index contributed by atoms with van der Waals surface area (Å²) in [7, 11) is 1.71. The molecule has 42 heavy (non-hydrogen) atoms. The van der Waals surface area contributed by atoms with E-state index in [-0.39, 0.29) is 6.23 Å². The van der Waals surface area contributed by atoms with E-state index in [4.69, 9.17) is 29.3 Å². The standard InChI is InChI=1S/C30H42N8O4/c1-29(2,3)42-28(39)33-20-30(40-4)12-16-36(17-13-30)23-19-32-25-26(34-23)38(24-11-5-6-18-41-24)35-27(25)37-15-8-9-21-22(37)10-7-14-31-21/h7,10,14,19,24H,5-6,8-9,11-13,15-18,20H2,1-4H3,(H,33,39). The van der Waals surface area contributed by atoms with E-state index in [0.29, 0.717) is 13.2 Å². The van der Waals surface area contributed by atoms with Crippen molar-refractivity contribution in [3.8, 4) is 0 Å². The predicted molar refractivity (Wildman–Crippen MR) is 159 cm³/mol. The molecule has 1 atom stereocenters. The Balaban J connectivity index is 1.25. The first-order chi connectivity index (χ1) is 20.3. The highest BCUT2D eigenvalue weighted by Crippen LogP contribution is 2.37. The lowest BCUT2D eigenvalue weighted by Gasteiger charge is -2.41. The average molecular weight is 579 g/mol. The van der Waals surface area contributed by atoms with E-state index in [0.717, 1.165) is 98.8 Å². The summed E-state index contributed by atoms with van der Waals surface area (Å²) in [4.78, 5) is 31.5. The van der Waals surface area contributed by atoms with Crippen LogP contribution in [0.1, 0.15) is 71.2 Å². The summed E-state index contributed by atoms with van der Waals surface area (Å²) in [6.45, 7) is 8.95. The van der Waals surface area contributed by atoms with Crippen molar-refractivity contribution in [1.82, 2.24) is 30.0 Å². The number of piperidine rings is 1. The molecule has 12 heteroatoms. The van der Waals surface area contributed by atoms with Crippen LogP contribution in [0.2, 0.25) is 0 Å². The number of carbonyl (C=O) groups is 1. The fraction of sp³-hybridized carbons (Fsp3) is 0.633. The number of aryl methyl sites for hydroxylation is 1. The molecular weight excluding hydrogens is 536 g/mol. The monoisotopic (exact) mass is 578 g/mol. The van der Waals surface area contributed by atoms with Crippen molar-refractivity contribution in [1.29, 1.82) is 0 Å². The van der Waals surface area contributed by atoms with Crippen LogP contribution in [0.15, 0.2) is 24.5 Å². The van der Waals surface area contributed by atoms with Gasteiger partial charge in [-0.1, -0.05) is 0 Å². The minimum absolute atomic E-state index is 0.167. The topological polar surface area (TPSA) is 120 Å². The molecule has 12 nitrogen and oxygen atoms in total. The Bertz CT molecular complexity index is 1410. The van der Waals surface area contributed by atoms with Gasteiger partial charge < -0.3 is 29.3 Å². The van der Waals surface area contributed by atoms with Crippen molar-refractivity contribution in [2.75, 3.05) is 49.7 Å². The third-order valence-electron chi connectivity index (χ3n) is 8.39. The maximum atomic E-state index is 12.3. The first-order valence-corrected chi connectivity index (χ1v) is 15.1. The zero-order valence-corrected chi connectivity index (χ0v) is 25.1. The van der Waals surface area contributed by atoms with Gasteiger partial charge in [0.25, 0.3) is 0 Å². The zero-order chi connectivity index (χ0) is 29.3. The van der Waals surface area contributed by atoms with Gasteiger partial charge in [0.15, 0.2) is 23.2 Å². The molecule has 3 aromatic rings. The van der Waals surface area contributed by atoms with E-state index < -0.39 is 17.3 Å². The van der Waals surface area contributed by atoms with Crippen LogP contribution in [0.4, 0.5) is 22.1 Å². The van der Waals surface area contributed by atoms with Crippen LogP contribution >= 0.6 is 0 Å². The number of nitrogens with zero attached hydrogens (tertiary/aromatic N) is 7. The van der Waals surface area contributed by atoms with Gasteiger partial charge in [-0.3, -0.25) is 4.98 Å². The van der Waals surface area contributed by atoms with Gasteiger partial charge in [-0.25, -0.2) is 19.4 Å². The summed E-state index contributed by atoms with van der Waals surface area (Å²) in [6.07, 6.45) is 9.57. The number of hydrogen-bond donors (Lipinski definition) is 1. The molecule has 0 spiro atoms. The molecule has 3 aromatic heterocycles. The minimum atomic E-state index is -0.547. The van der Waals surface area contributed by atoms with E-state index in [9.17, 15) is 4.79 Å². The number of methoxy groups -OCH3 is 1. The first-order valence-electron chi connectivity index (χ1n) is 15.1. The molecule has 226 valence electrons. The number of fused-ring (bicyclic) bond motifs is 2. The molecule has 0 radical (unpaired) electrons. The number of nitrogens with one attached hydrogen (secondary N) is 1. The molecule has 6 rings (SSSR count). The van der Waals surface area contributed by atoms with Crippen LogP contribution in [0, 0.1) is 0 Å². The quantitative estimate of drug-likeness (QED) is 0.447. The zero-order valence-electron chi connectivity index (χ0n) is 25.1. The number of amides is 1. The van der Waals surface area contributed by atoms with Crippen LogP contribution in [0.5, 0.6) is 0 Å². The lowest BCUT2D eigenvalue weighted by Crippen LogP contribution is -2.52. The van der Waals surface area contributed by atoms with E-state index in [2.05, 4.69) is 26.2 Å². The third kappa shape index (κ3) is 5.87. The highest BCUT2D eigenvalue weighted by Gasteiger charge is 2.37.